The number of hydrogen-bond donors (Lipinski definition) is 2. The topological polar surface area (TPSA) is 84.9 Å². The zero-order chi connectivity index (χ0) is 13.3. The first-order valence-corrected chi connectivity index (χ1v) is 5.56. The van der Waals surface area contributed by atoms with Crippen LogP contribution in [-0.4, -0.2) is 50.0 Å². The quantitative estimate of drug-likeness (QED) is 0.571. The number of hydrogen-bond acceptors (Lipinski definition) is 4. The number of aliphatic carboxylic acids is 1. The van der Waals surface area contributed by atoms with Gasteiger partial charge in [0.25, 0.3) is 0 Å². The maximum absolute atomic E-state index is 11.4. The lowest BCUT2D eigenvalue weighted by Gasteiger charge is -2.16. The van der Waals surface area contributed by atoms with Gasteiger partial charge in [-0.1, -0.05) is 13.8 Å². The molecule has 0 rings (SSSR count). The maximum atomic E-state index is 11.4. The predicted octanol–water partition coefficient (Wildman–Crippen LogP) is 0.265. The van der Waals surface area contributed by atoms with Crippen LogP contribution in [0.3, 0.4) is 0 Å². The number of nitrogens with one attached hydrogen (secondary N) is 1. The van der Waals surface area contributed by atoms with Crippen LogP contribution in [0.5, 0.6) is 0 Å². The second kappa shape index (κ2) is 8.95. The third-order valence-corrected chi connectivity index (χ3v) is 2.01. The van der Waals surface area contributed by atoms with Gasteiger partial charge in [0.2, 0.25) is 5.91 Å². The van der Waals surface area contributed by atoms with Crippen LogP contribution in [0.15, 0.2) is 0 Å². The van der Waals surface area contributed by atoms with Gasteiger partial charge in [-0.3, -0.25) is 4.79 Å². The van der Waals surface area contributed by atoms with Gasteiger partial charge in [-0.15, -0.1) is 0 Å². The lowest BCUT2D eigenvalue weighted by Crippen LogP contribution is -2.43. The van der Waals surface area contributed by atoms with Crippen LogP contribution < -0.4 is 5.32 Å². The Morgan fingerprint density at radius 2 is 1.94 bits per heavy atom. The Balaban J connectivity index is 3.91. The van der Waals surface area contributed by atoms with Gasteiger partial charge in [0.1, 0.15) is 12.6 Å². The Morgan fingerprint density at radius 3 is 2.41 bits per heavy atom. The number of methoxy groups -OCH3 is 1. The second-order valence-corrected chi connectivity index (χ2v) is 4.13. The predicted molar refractivity (Wildman–Crippen MR) is 61.7 cm³/mol. The standard InChI is InChI=1S/C11H21NO5/c1-8(2)6-9(11(14)15)12-10(13)7-17-5-4-16-3/h8-9H,4-7H2,1-3H3,(H,12,13)(H,14,15)/t9-/m1/s1. The molecular formula is C11H21NO5. The molecule has 0 saturated heterocycles. The molecule has 17 heavy (non-hydrogen) atoms. The number of ether oxygens (including phenoxy) is 2. The van der Waals surface area contributed by atoms with Gasteiger partial charge in [0.15, 0.2) is 0 Å². The van der Waals surface area contributed by atoms with Crippen molar-refractivity contribution in [2.24, 2.45) is 5.92 Å². The number of amides is 1. The molecule has 0 radical (unpaired) electrons. The molecule has 1 atom stereocenters. The zero-order valence-corrected chi connectivity index (χ0v) is 10.6. The van der Waals surface area contributed by atoms with Gasteiger partial charge in [-0.05, 0) is 12.3 Å². The molecule has 0 aliphatic carbocycles. The summed E-state index contributed by atoms with van der Waals surface area (Å²) in [5.74, 6) is -1.25. The van der Waals surface area contributed by atoms with Crippen molar-refractivity contribution in [3.63, 3.8) is 0 Å². The number of rotatable bonds is 9. The van der Waals surface area contributed by atoms with Gasteiger partial charge in [0, 0.05) is 7.11 Å². The molecule has 1 amide bonds. The summed E-state index contributed by atoms with van der Waals surface area (Å²) >= 11 is 0. The minimum absolute atomic E-state index is 0.148. The molecule has 0 bridgehead atoms. The van der Waals surface area contributed by atoms with Crippen molar-refractivity contribution in [1.29, 1.82) is 0 Å². The van der Waals surface area contributed by atoms with Crippen molar-refractivity contribution in [2.75, 3.05) is 26.9 Å². The van der Waals surface area contributed by atoms with Crippen LogP contribution in [-0.2, 0) is 19.1 Å². The molecule has 100 valence electrons. The summed E-state index contributed by atoms with van der Waals surface area (Å²) in [5, 5.41) is 11.3. The Kier molecular flexibility index (Phi) is 8.35. The average molecular weight is 247 g/mol. The van der Waals surface area contributed by atoms with E-state index >= 15 is 0 Å². The first-order chi connectivity index (χ1) is 7.97. The van der Waals surface area contributed by atoms with E-state index in [0.717, 1.165) is 0 Å². The number of carboxylic acids is 1. The van der Waals surface area contributed by atoms with Crippen LogP contribution in [0.2, 0.25) is 0 Å². The van der Waals surface area contributed by atoms with Gasteiger partial charge in [0.05, 0.1) is 13.2 Å². The lowest BCUT2D eigenvalue weighted by atomic mass is 10.0. The first-order valence-electron chi connectivity index (χ1n) is 5.56. The summed E-state index contributed by atoms with van der Waals surface area (Å²) < 4.78 is 9.74. The molecule has 0 unspecified atom stereocenters. The molecule has 0 fully saturated rings. The van der Waals surface area contributed by atoms with E-state index < -0.39 is 17.9 Å². The SMILES string of the molecule is COCCOCC(=O)N[C@H](CC(C)C)C(=O)O. The van der Waals surface area contributed by atoms with Gasteiger partial charge >= 0.3 is 5.97 Å². The van der Waals surface area contributed by atoms with Crippen molar-refractivity contribution in [1.82, 2.24) is 5.32 Å². The number of carboxylic acid groups (broad SMARTS) is 1. The van der Waals surface area contributed by atoms with E-state index in [9.17, 15) is 9.59 Å². The average Bonchev–Trinajstić information content (AvgIpc) is 2.22. The van der Waals surface area contributed by atoms with E-state index in [2.05, 4.69) is 5.32 Å². The van der Waals surface area contributed by atoms with Gasteiger partial charge in [-0.25, -0.2) is 4.79 Å². The number of carbonyl (C=O) groups is 2. The molecule has 0 saturated carbocycles. The van der Waals surface area contributed by atoms with Crippen molar-refractivity contribution in [3.05, 3.63) is 0 Å². The number of carbonyl (C=O) groups excluding carboxylic acids is 1. The molecule has 0 aromatic rings. The maximum Gasteiger partial charge on any atom is 0.326 e. The van der Waals surface area contributed by atoms with E-state index in [-0.39, 0.29) is 12.5 Å². The molecule has 0 spiro atoms. The summed E-state index contributed by atoms with van der Waals surface area (Å²) in [6.45, 7) is 4.37. The Morgan fingerprint density at radius 1 is 1.29 bits per heavy atom. The fourth-order valence-corrected chi connectivity index (χ4v) is 1.24. The van der Waals surface area contributed by atoms with E-state index in [1.807, 2.05) is 13.8 Å². The molecule has 6 heteroatoms. The molecule has 2 N–H and O–H groups in total. The van der Waals surface area contributed by atoms with E-state index in [1.165, 1.54) is 7.11 Å². The normalized spacial score (nSPS) is 12.5. The fraction of sp³-hybridized carbons (Fsp3) is 0.818. The lowest BCUT2D eigenvalue weighted by molar-refractivity contribution is -0.143. The van der Waals surface area contributed by atoms with Crippen LogP contribution in [0.1, 0.15) is 20.3 Å². The van der Waals surface area contributed by atoms with Crippen molar-refractivity contribution in [3.8, 4) is 0 Å². The van der Waals surface area contributed by atoms with Crippen molar-refractivity contribution < 1.29 is 24.2 Å². The van der Waals surface area contributed by atoms with E-state index in [4.69, 9.17) is 14.6 Å². The smallest absolute Gasteiger partial charge is 0.326 e. The van der Waals surface area contributed by atoms with Gasteiger partial charge in [-0.2, -0.15) is 0 Å². The first kappa shape index (κ1) is 15.9. The zero-order valence-electron chi connectivity index (χ0n) is 10.6. The van der Waals surface area contributed by atoms with Crippen LogP contribution in [0, 0.1) is 5.92 Å². The van der Waals surface area contributed by atoms with Crippen LogP contribution in [0.25, 0.3) is 0 Å². The summed E-state index contributed by atoms with van der Waals surface area (Å²) in [7, 11) is 1.53. The van der Waals surface area contributed by atoms with Crippen molar-refractivity contribution in [2.45, 2.75) is 26.3 Å². The highest BCUT2D eigenvalue weighted by Crippen LogP contribution is 2.04. The summed E-state index contributed by atoms with van der Waals surface area (Å²) in [5.41, 5.74) is 0. The Hall–Kier alpha value is -1.14. The van der Waals surface area contributed by atoms with E-state index in [1.54, 1.807) is 0 Å². The molecule has 0 aromatic heterocycles. The Bertz CT molecular complexity index is 242. The summed E-state index contributed by atoms with van der Waals surface area (Å²) in [6.07, 6.45) is 0.402. The van der Waals surface area contributed by atoms with E-state index in [0.29, 0.717) is 19.6 Å². The monoisotopic (exact) mass is 247 g/mol. The Labute approximate surface area is 101 Å². The van der Waals surface area contributed by atoms with Gasteiger partial charge < -0.3 is 19.9 Å². The molecule has 6 nitrogen and oxygen atoms in total. The summed E-state index contributed by atoms with van der Waals surface area (Å²) in [4.78, 5) is 22.2. The van der Waals surface area contributed by atoms with Crippen molar-refractivity contribution >= 4 is 11.9 Å². The molecule has 0 aliphatic heterocycles. The van der Waals surface area contributed by atoms with Crippen LogP contribution >= 0.6 is 0 Å². The molecular weight excluding hydrogens is 226 g/mol. The van der Waals surface area contributed by atoms with Crippen LogP contribution in [0.4, 0.5) is 0 Å². The molecule has 0 aliphatic rings. The highest BCUT2D eigenvalue weighted by molar-refractivity contribution is 5.84. The molecule has 0 heterocycles. The highest BCUT2D eigenvalue weighted by Gasteiger charge is 2.20. The third-order valence-electron chi connectivity index (χ3n) is 2.01. The fourth-order valence-electron chi connectivity index (χ4n) is 1.24. The summed E-state index contributed by atoms with van der Waals surface area (Å²) in [6, 6.07) is -0.853. The second-order valence-electron chi connectivity index (χ2n) is 4.13. The molecule has 0 aromatic carbocycles. The minimum Gasteiger partial charge on any atom is -0.480 e. The third kappa shape index (κ3) is 8.65. The highest BCUT2D eigenvalue weighted by atomic mass is 16.5. The largest absolute Gasteiger partial charge is 0.480 e. The minimum atomic E-state index is -1.02.